The Balaban J connectivity index is 2.11. The van der Waals surface area contributed by atoms with E-state index in [2.05, 4.69) is 0 Å². The summed E-state index contributed by atoms with van der Waals surface area (Å²) in [5.74, 6) is 0.598. The molecule has 17 heavy (non-hydrogen) atoms. The number of methoxy groups -OCH3 is 1. The predicted molar refractivity (Wildman–Crippen MR) is 67.9 cm³/mol. The fraction of sp³-hybridized carbons (Fsp3) is 0.231. The number of halogens is 1. The second-order valence-corrected chi connectivity index (χ2v) is 4.74. The summed E-state index contributed by atoms with van der Waals surface area (Å²) in [6, 6.07) is 8.21. The summed E-state index contributed by atoms with van der Waals surface area (Å²) in [4.78, 5) is 1.02. The van der Waals surface area contributed by atoms with E-state index < -0.39 is 0 Å². The van der Waals surface area contributed by atoms with Crippen LogP contribution >= 0.6 is 11.3 Å². The van der Waals surface area contributed by atoms with Gasteiger partial charge >= 0.3 is 0 Å². The van der Waals surface area contributed by atoms with Gasteiger partial charge in [-0.2, -0.15) is 0 Å². The normalized spacial score (nSPS) is 12.4. The van der Waals surface area contributed by atoms with Gasteiger partial charge in [-0.15, -0.1) is 11.3 Å². The molecule has 0 saturated carbocycles. The van der Waals surface area contributed by atoms with Gasteiger partial charge in [0, 0.05) is 6.04 Å². The van der Waals surface area contributed by atoms with E-state index in [4.69, 9.17) is 10.5 Å². The summed E-state index contributed by atoms with van der Waals surface area (Å²) in [7, 11) is 1.64. The van der Waals surface area contributed by atoms with Crippen LogP contribution in [-0.4, -0.2) is 7.11 Å². The molecule has 0 aliphatic heterocycles. The lowest BCUT2D eigenvalue weighted by Crippen LogP contribution is -2.12. The molecule has 4 heteroatoms. The fourth-order valence-electron chi connectivity index (χ4n) is 1.72. The van der Waals surface area contributed by atoms with Crippen LogP contribution in [0.15, 0.2) is 35.7 Å². The SMILES string of the molecule is COc1ccsc1C(N)Cc1ccc(F)cc1. The standard InChI is InChI=1S/C13H14FNOS/c1-16-12-6-7-17-13(12)11(15)8-9-2-4-10(14)5-3-9/h2-7,11H,8,15H2,1H3. The van der Waals surface area contributed by atoms with Gasteiger partial charge in [-0.3, -0.25) is 0 Å². The van der Waals surface area contributed by atoms with Gasteiger partial charge in [0.2, 0.25) is 0 Å². The molecule has 1 unspecified atom stereocenters. The first-order valence-corrected chi connectivity index (χ1v) is 6.20. The number of nitrogens with two attached hydrogens (primary N) is 1. The molecule has 0 spiro atoms. The number of ether oxygens (including phenoxy) is 1. The van der Waals surface area contributed by atoms with E-state index in [9.17, 15) is 4.39 Å². The van der Waals surface area contributed by atoms with E-state index in [0.29, 0.717) is 6.42 Å². The van der Waals surface area contributed by atoms with Crippen LogP contribution in [0.25, 0.3) is 0 Å². The number of rotatable bonds is 4. The van der Waals surface area contributed by atoms with Crippen molar-refractivity contribution in [3.8, 4) is 5.75 Å². The van der Waals surface area contributed by atoms with E-state index in [1.54, 1.807) is 30.6 Å². The van der Waals surface area contributed by atoms with E-state index in [0.717, 1.165) is 16.2 Å². The fourth-order valence-corrected chi connectivity index (χ4v) is 2.58. The average molecular weight is 251 g/mol. The highest BCUT2D eigenvalue weighted by atomic mass is 32.1. The first-order valence-electron chi connectivity index (χ1n) is 5.32. The zero-order valence-corrected chi connectivity index (χ0v) is 10.3. The molecule has 1 heterocycles. The highest BCUT2D eigenvalue weighted by Gasteiger charge is 2.13. The van der Waals surface area contributed by atoms with Gasteiger partial charge < -0.3 is 10.5 Å². The summed E-state index contributed by atoms with van der Waals surface area (Å²) in [6.07, 6.45) is 0.678. The van der Waals surface area contributed by atoms with E-state index in [-0.39, 0.29) is 11.9 Å². The van der Waals surface area contributed by atoms with Crippen molar-refractivity contribution < 1.29 is 9.13 Å². The van der Waals surface area contributed by atoms with Crippen molar-refractivity contribution >= 4 is 11.3 Å². The Morgan fingerprint density at radius 2 is 2.00 bits per heavy atom. The zero-order chi connectivity index (χ0) is 12.3. The number of benzene rings is 1. The van der Waals surface area contributed by atoms with Gasteiger partial charge in [0.1, 0.15) is 11.6 Å². The summed E-state index contributed by atoms with van der Waals surface area (Å²) < 4.78 is 18.0. The van der Waals surface area contributed by atoms with E-state index >= 15 is 0 Å². The van der Waals surface area contributed by atoms with Crippen molar-refractivity contribution in [2.45, 2.75) is 12.5 Å². The molecule has 1 aromatic carbocycles. The first-order chi connectivity index (χ1) is 8.20. The number of hydrogen-bond acceptors (Lipinski definition) is 3. The van der Waals surface area contributed by atoms with Gasteiger partial charge in [-0.25, -0.2) is 4.39 Å². The molecule has 0 saturated heterocycles. The van der Waals surface area contributed by atoms with Crippen LogP contribution in [0, 0.1) is 5.82 Å². The molecule has 2 aromatic rings. The molecular formula is C13H14FNOS. The Hall–Kier alpha value is -1.39. The van der Waals surface area contributed by atoms with Crippen LogP contribution in [0.2, 0.25) is 0 Å². The van der Waals surface area contributed by atoms with Crippen LogP contribution < -0.4 is 10.5 Å². The van der Waals surface area contributed by atoms with Gasteiger partial charge in [0.25, 0.3) is 0 Å². The summed E-state index contributed by atoms with van der Waals surface area (Å²) in [6.45, 7) is 0. The largest absolute Gasteiger partial charge is 0.496 e. The quantitative estimate of drug-likeness (QED) is 0.906. The lowest BCUT2D eigenvalue weighted by Gasteiger charge is -2.11. The molecule has 90 valence electrons. The molecular weight excluding hydrogens is 237 g/mol. The van der Waals surface area contributed by atoms with Crippen LogP contribution in [0.5, 0.6) is 5.75 Å². The Kier molecular flexibility index (Phi) is 3.76. The summed E-state index contributed by atoms with van der Waals surface area (Å²) in [5, 5.41) is 1.96. The van der Waals surface area contributed by atoms with Crippen molar-refractivity contribution in [2.75, 3.05) is 7.11 Å². The van der Waals surface area contributed by atoms with Crippen LogP contribution in [-0.2, 0) is 6.42 Å². The van der Waals surface area contributed by atoms with Gasteiger partial charge in [-0.05, 0) is 35.6 Å². The molecule has 2 N–H and O–H groups in total. The highest BCUT2D eigenvalue weighted by Crippen LogP contribution is 2.31. The maximum absolute atomic E-state index is 12.8. The lowest BCUT2D eigenvalue weighted by atomic mass is 10.1. The molecule has 2 nitrogen and oxygen atoms in total. The third kappa shape index (κ3) is 2.84. The first kappa shape index (κ1) is 12.1. The summed E-state index contributed by atoms with van der Waals surface area (Å²) in [5.41, 5.74) is 7.15. The lowest BCUT2D eigenvalue weighted by molar-refractivity contribution is 0.409. The maximum Gasteiger partial charge on any atom is 0.134 e. The van der Waals surface area contributed by atoms with Gasteiger partial charge in [0.05, 0.1) is 12.0 Å². The maximum atomic E-state index is 12.8. The van der Waals surface area contributed by atoms with Crippen molar-refractivity contribution in [3.05, 3.63) is 52.0 Å². The van der Waals surface area contributed by atoms with Gasteiger partial charge in [-0.1, -0.05) is 12.1 Å². The Bertz CT molecular complexity index is 480. The molecule has 0 fully saturated rings. The van der Waals surface area contributed by atoms with Crippen molar-refractivity contribution in [1.29, 1.82) is 0 Å². The minimum Gasteiger partial charge on any atom is -0.496 e. The van der Waals surface area contributed by atoms with E-state index in [1.807, 2.05) is 11.4 Å². The molecule has 0 aliphatic rings. The smallest absolute Gasteiger partial charge is 0.134 e. The average Bonchev–Trinajstić information content (AvgIpc) is 2.80. The third-order valence-electron chi connectivity index (χ3n) is 2.58. The van der Waals surface area contributed by atoms with Crippen molar-refractivity contribution in [2.24, 2.45) is 5.73 Å². The molecule has 1 aromatic heterocycles. The second-order valence-electron chi connectivity index (χ2n) is 3.79. The topological polar surface area (TPSA) is 35.2 Å². The number of hydrogen-bond donors (Lipinski definition) is 1. The van der Waals surface area contributed by atoms with Gasteiger partial charge in [0.15, 0.2) is 0 Å². The van der Waals surface area contributed by atoms with Crippen LogP contribution in [0.1, 0.15) is 16.5 Å². The number of thiophene rings is 1. The Labute approximate surface area is 104 Å². The molecule has 2 rings (SSSR count). The Morgan fingerprint density at radius 3 is 2.65 bits per heavy atom. The molecule has 0 amide bonds. The van der Waals surface area contributed by atoms with Crippen molar-refractivity contribution in [3.63, 3.8) is 0 Å². The molecule has 1 atom stereocenters. The van der Waals surface area contributed by atoms with E-state index in [1.165, 1.54) is 12.1 Å². The third-order valence-corrected chi connectivity index (χ3v) is 3.61. The minimum absolute atomic E-state index is 0.115. The second kappa shape index (κ2) is 5.29. The highest BCUT2D eigenvalue weighted by molar-refractivity contribution is 7.10. The molecule has 0 radical (unpaired) electrons. The van der Waals surface area contributed by atoms with Crippen molar-refractivity contribution in [1.82, 2.24) is 0 Å². The minimum atomic E-state index is -0.226. The molecule has 0 bridgehead atoms. The van der Waals surface area contributed by atoms with Crippen LogP contribution in [0.3, 0.4) is 0 Å². The molecule has 0 aliphatic carbocycles. The monoisotopic (exact) mass is 251 g/mol. The predicted octanol–water partition coefficient (Wildman–Crippen LogP) is 3.14. The summed E-state index contributed by atoms with van der Waals surface area (Å²) >= 11 is 1.58. The Morgan fingerprint density at radius 1 is 1.29 bits per heavy atom. The zero-order valence-electron chi connectivity index (χ0n) is 9.52. The van der Waals surface area contributed by atoms with Crippen LogP contribution in [0.4, 0.5) is 4.39 Å².